The summed E-state index contributed by atoms with van der Waals surface area (Å²) in [7, 11) is 0. The largest absolute Gasteiger partial charge is 0.493 e. The van der Waals surface area contributed by atoms with E-state index in [0.717, 1.165) is 23.8 Å². The minimum atomic E-state index is 0.727. The van der Waals surface area contributed by atoms with E-state index in [1.54, 1.807) is 0 Å². The van der Waals surface area contributed by atoms with Gasteiger partial charge in [0.15, 0.2) is 0 Å². The van der Waals surface area contributed by atoms with Gasteiger partial charge >= 0.3 is 0 Å². The van der Waals surface area contributed by atoms with Crippen molar-refractivity contribution in [1.29, 1.82) is 0 Å². The number of hydrogen-bond donors (Lipinski definition) is 0. The highest BCUT2D eigenvalue weighted by atomic mass is 16.5. The van der Waals surface area contributed by atoms with Crippen molar-refractivity contribution < 1.29 is 4.74 Å². The summed E-state index contributed by atoms with van der Waals surface area (Å²) >= 11 is 0. The number of hydrogen-bond acceptors (Lipinski definition) is 1. The second kappa shape index (κ2) is 3.87. The first-order chi connectivity index (χ1) is 6.86. The zero-order valence-electron chi connectivity index (χ0n) is 8.62. The third kappa shape index (κ3) is 1.67. The zero-order valence-corrected chi connectivity index (χ0v) is 8.62. The van der Waals surface area contributed by atoms with Crippen LogP contribution in [0.2, 0.25) is 0 Å². The quantitative estimate of drug-likeness (QED) is 0.701. The summed E-state index contributed by atoms with van der Waals surface area (Å²) in [6, 6.07) is 6.33. The monoisotopic (exact) mass is 188 g/mol. The van der Waals surface area contributed by atoms with Crippen LogP contribution in [-0.4, -0.2) is 6.61 Å². The lowest BCUT2D eigenvalue weighted by molar-refractivity contribution is 0.336. The molecule has 0 aliphatic heterocycles. The van der Waals surface area contributed by atoms with E-state index < -0.39 is 0 Å². The molecule has 0 heterocycles. The topological polar surface area (TPSA) is 9.23 Å². The van der Waals surface area contributed by atoms with E-state index in [2.05, 4.69) is 24.8 Å². The Hall–Kier alpha value is -1.24. The van der Waals surface area contributed by atoms with E-state index in [9.17, 15) is 0 Å². The predicted molar refractivity (Wildman–Crippen MR) is 59.7 cm³/mol. The Labute approximate surface area is 85.4 Å². The maximum atomic E-state index is 5.69. The molecule has 0 N–H and O–H groups in total. The highest BCUT2D eigenvalue weighted by Crippen LogP contribution is 2.45. The average Bonchev–Trinajstić information content (AvgIpc) is 3.02. The summed E-state index contributed by atoms with van der Waals surface area (Å²) in [4.78, 5) is 0. The first-order valence-corrected chi connectivity index (χ1v) is 5.25. The van der Waals surface area contributed by atoms with Crippen molar-refractivity contribution in [2.45, 2.75) is 25.7 Å². The van der Waals surface area contributed by atoms with Gasteiger partial charge < -0.3 is 4.74 Å². The van der Waals surface area contributed by atoms with Crippen LogP contribution in [-0.2, 0) is 0 Å². The second-order valence-electron chi connectivity index (χ2n) is 3.68. The van der Waals surface area contributed by atoms with Gasteiger partial charge in [0.2, 0.25) is 0 Å². The number of ether oxygens (including phenoxy) is 1. The molecule has 1 aliphatic rings. The first kappa shape index (κ1) is 9.32. The molecule has 74 valence electrons. The van der Waals surface area contributed by atoms with Crippen LogP contribution in [0.1, 0.15) is 36.8 Å². The minimum absolute atomic E-state index is 0.727. The van der Waals surface area contributed by atoms with Gasteiger partial charge in [-0.15, -0.1) is 0 Å². The molecule has 1 saturated carbocycles. The highest BCUT2D eigenvalue weighted by Gasteiger charge is 2.27. The summed E-state index contributed by atoms with van der Waals surface area (Å²) < 4.78 is 5.69. The van der Waals surface area contributed by atoms with Gasteiger partial charge in [0.25, 0.3) is 0 Å². The van der Waals surface area contributed by atoms with Gasteiger partial charge in [-0.3, -0.25) is 0 Å². The van der Waals surface area contributed by atoms with Gasteiger partial charge in [0.05, 0.1) is 6.61 Å². The fourth-order valence-electron chi connectivity index (χ4n) is 1.76. The highest BCUT2D eigenvalue weighted by molar-refractivity contribution is 5.59. The lowest BCUT2D eigenvalue weighted by Gasteiger charge is -2.12. The van der Waals surface area contributed by atoms with Gasteiger partial charge in [-0.05, 0) is 31.2 Å². The molecule has 1 aliphatic carbocycles. The standard InChI is InChI=1S/C13H16O/c1-3-10-6-5-7-12(11-8-9-11)13(10)14-4-2/h3,5-7,11H,1,4,8-9H2,2H3. The maximum absolute atomic E-state index is 5.69. The van der Waals surface area contributed by atoms with Crippen LogP contribution in [0.3, 0.4) is 0 Å². The van der Waals surface area contributed by atoms with Crippen LogP contribution >= 0.6 is 0 Å². The molecule has 1 aromatic rings. The smallest absolute Gasteiger partial charge is 0.129 e. The van der Waals surface area contributed by atoms with Crippen LogP contribution in [0.5, 0.6) is 5.75 Å². The summed E-state index contributed by atoms with van der Waals surface area (Å²) in [6.07, 6.45) is 4.48. The van der Waals surface area contributed by atoms with E-state index >= 15 is 0 Å². The van der Waals surface area contributed by atoms with E-state index in [4.69, 9.17) is 4.74 Å². The Bertz CT molecular complexity index is 337. The molecule has 1 nitrogen and oxygen atoms in total. The normalized spacial score (nSPS) is 15.2. The van der Waals surface area contributed by atoms with Crippen molar-refractivity contribution in [3.63, 3.8) is 0 Å². The van der Waals surface area contributed by atoms with Crippen LogP contribution in [0.25, 0.3) is 6.08 Å². The Morgan fingerprint density at radius 3 is 2.86 bits per heavy atom. The van der Waals surface area contributed by atoms with Gasteiger partial charge in [0, 0.05) is 5.56 Å². The molecule has 14 heavy (non-hydrogen) atoms. The predicted octanol–water partition coefficient (Wildman–Crippen LogP) is 3.61. The van der Waals surface area contributed by atoms with Crippen molar-refractivity contribution in [3.8, 4) is 5.75 Å². The minimum Gasteiger partial charge on any atom is -0.493 e. The molecule has 2 rings (SSSR count). The molecule has 0 radical (unpaired) electrons. The maximum Gasteiger partial charge on any atom is 0.129 e. The van der Waals surface area contributed by atoms with Crippen molar-refractivity contribution in [1.82, 2.24) is 0 Å². The van der Waals surface area contributed by atoms with Crippen LogP contribution in [0, 0.1) is 0 Å². The van der Waals surface area contributed by atoms with E-state index in [0.29, 0.717) is 0 Å². The van der Waals surface area contributed by atoms with E-state index in [-0.39, 0.29) is 0 Å². The summed E-state index contributed by atoms with van der Waals surface area (Å²) in [5, 5.41) is 0. The van der Waals surface area contributed by atoms with E-state index in [1.807, 2.05) is 13.0 Å². The van der Waals surface area contributed by atoms with Crippen LogP contribution in [0.4, 0.5) is 0 Å². The zero-order chi connectivity index (χ0) is 9.97. The SMILES string of the molecule is C=Cc1cccc(C2CC2)c1OCC. The van der Waals surface area contributed by atoms with Gasteiger partial charge in [-0.25, -0.2) is 0 Å². The molecule has 0 spiro atoms. The number of benzene rings is 1. The molecule has 0 aromatic heterocycles. The van der Waals surface area contributed by atoms with Crippen LogP contribution in [0.15, 0.2) is 24.8 Å². The van der Waals surface area contributed by atoms with Crippen molar-refractivity contribution in [2.75, 3.05) is 6.61 Å². The van der Waals surface area contributed by atoms with Crippen LogP contribution < -0.4 is 4.74 Å². The molecule has 1 heteroatoms. The third-order valence-corrected chi connectivity index (χ3v) is 2.60. The molecule has 0 atom stereocenters. The third-order valence-electron chi connectivity index (χ3n) is 2.60. The Kier molecular flexibility index (Phi) is 2.58. The van der Waals surface area contributed by atoms with E-state index in [1.165, 1.54) is 18.4 Å². The Morgan fingerprint density at radius 2 is 2.29 bits per heavy atom. The summed E-state index contributed by atoms with van der Waals surface area (Å²) in [5.74, 6) is 1.78. The fourth-order valence-corrected chi connectivity index (χ4v) is 1.76. The molecule has 1 aromatic carbocycles. The number of para-hydroxylation sites is 1. The Balaban J connectivity index is 2.40. The van der Waals surface area contributed by atoms with Crippen molar-refractivity contribution in [3.05, 3.63) is 35.9 Å². The molecule has 1 fully saturated rings. The first-order valence-electron chi connectivity index (χ1n) is 5.25. The van der Waals surface area contributed by atoms with Gasteiger partial charge in [-0.2, -0.15) is 0 Å². The molecule has 0 unspecified atom stereocenters. The number of rotatable bonds is 4. The lowest BCUT2D eigenvalue weighted by atomic mass is 10.0. The average molecular weight is 188 g/mol. The molecule has 0 saturated heterocycles. The summed E-state index contributed by atoms with van der Waals surface area (Å²) in [5.41, 5.74) is 2.49. The van der Waals surface area contributed by atoms with Crippen molar-refractivity contribution in [2.24, 2.45) is 0 Å². The molecular weight excluding hydrogens is 172 g/mol. The lowest BCUT2D eigenvalue weighted by Crippen LogP contribution is -1.97. The summed E-state index contributed by atoms with van der Waals surface area (Å²) in [6.45, 7) is 6.57. The Morgan fingerprint density at radius 1 is 1.50 bits per heavy atom. The van der Waals surface area contributed by atoms with Gasteiger partial charge in [0.1, 0.15) is 5.75 Å². The fraction of sp³-hybridized carbons (Fsp3) is 0.385. The molecular formula is C13H16O. The molecule has 0 amide bonds. The van der Waals surface area contributed by atoms with Crippen molar-refractivity contribution >= 4 is 6.08 Å². The second-order valence-corrected chi connectivity index (χ2v) is 3.68. The molecule has 0 bridgehead atoms. The van der Waals surface area contributed by atoms with Gasteiger partial charge in [-0.1, -0.05) is 30.9 Å².